The van der Waals surface area contributed by atoms with E-state index in [1.165, 1.54) is 30.4 Å². The molecule has 0 aromatic heterocycles. The number of nitriles is 1. The highest BCUT2D eigenvalue weighted by molar-refractivity contribution is 5.91. The average molecular weight is 350 g/mol. The molecule has 26 heavy (non-hydrogen) atoms. The van der Waals surface area contributed by atoms with Crippen molar-refractivity contribution in [1.82, 2.24) is 0 Å². The number of hydrogen-bond donors (Lipinski definition) is 0. The largest absolute Gasteiger partial charge is 0.295 e. The van der Waals surface area contributed by atoms with Crippen LogP contribution in [0.2, 0.25) is 0 Å². The van der Waals surface area contributed by atoms with E-state index in [-0.39, 0.29) is 10.8 Å². The molecule has 0 heterocycles. The normalized spacial score (nSPS) is 50.3. The second kappa shape index (κ2) is 5.34. The molecule has 0 N–H and O–H groups in total. The number of carbonyl (C=O) groups is 1. The third-order valence-corrected chi connectivity index (χ3v) is 9.55. The summed E-state index contributed by atoms with van der Waals surface area (Å²) >= 11 is 0. The lowest BCUT2D eigenvalue weighted by Gasteiger charge is -2.57. The summed E-state index contributed by atoms with van der Waals surface area (Å²) in [6.07, 6.45) is 11.2. The minimum Gasteiger partial charge on any atom is -0.295 e. The Kier molecular flexibility index (Phi) is 3.45. The molecular formula is C24H31NO. The van der Waals surface area contributed by atoms with Gasteiger partial charge in [0.05, 0.1) is 11.5 Å². The van der Waals surface area contributed by atoms with Crippen molar-refractivity contribution in [3.05, 3.63) is 23.8 Å². The highest BCUT2D eigenvalue weighted by Gasteiger charge is 2.65. The number of ketones is 1. The van der Waals surface area contributed by atoms with Crippen molar-refractivity contribution in [2.75, 3.05) is 0 Å². The van der Waals surface area contributed by atoms with Gasteiger partial charge in [0, 0.05) is 6.42 Å². The average Bonchev–Trinajstić information content (AvgIpc) is 3.44. The minimum absolute atomic E-state index is 0.0822. The molecule has 5 aliphatic carbocycles. The van der Waals surface area contributed by atoms with Crippen molar-refractivity contribution < 1.29 is 4.79 Å². The summed E-state index contributed by atoms with van der Waals surface area (Å²) in [6, 6.07) is 2.69. The Bertz CT molecular complexity index is 753. The van der Waals surface area contributed by atoms with Gasteiger partial charge in [-0.15, -0.1) is 0 Å². The highest BCUT2D eigenvalue weighted by Crippen LogP contribution is 2.71. The van der Waals surface area contributed by atoms with Gasteiger partial charge in [0.1, 0.15) is 0 Å². The lowest BCUT2D eigenvalue weighted by atomic mass is 9.46. The van der Waals surface area contributed by atoms with Crippen LogP contribution < -0.4 is 0 Å². The zero-order valence-corrected chi connectivity index (χ0v) is 16.3. The van der Waals surface area contributed by atoms with Gasteiger partial charge in [-0.1, -0.05) is 24.6 Å². The standard InChI is InChI=1S/C24H31NO/c1-14-10-21-22-19(8-9-23(21,2)24(14,3)13-25)18-7-6-17(26)11-16(18)12-20(22)15-4-5-15/h11,15,18-22H,1,4-10,12H2,2-3H3/t18-,19+,20?,21-,22-,23-,24-/m0/s1. The molecule has 2 nitrogen and oxygen atoms in total. The van der Waals surface area contributed by atoms with E-state index in [0.29, 0.717) is 17.6 Å². The fourth-order valence-electron chi connectivity index (χ4n) is 7.70. The number of allylic oxidation sites excluding steroid dienone is 2. The predicted octanol–water partition coefficient (Wildman–Crippen LogP) is 5.46. The van der Waals surface area contributed by atoms with Gasteiger partial charge in [-0.2, -0.15) is 5.26 Å². The lowest BCUT2D eigenvalue weighted by molar-refractivity contribution is -0.116. The third kappa shape index (κ3) is 2.01. The second-order valence-corrected chi connectivity index (χ2v) is 10.4. The van der Waals surface area contributed by atoms with Crippen LogP contribution in [-0.2, 0) is 4.79 Å². The number of nitrogens with zero attached hydrogens (tertiary/aromatic N) is 1. The van der Waals surface area contributed by atoms with Gasteiger partial charge in [-0.25, -0.2) is 0 Å². The molecule has 2 heteroatoms. The number of rotatable bonds is 1. The Morgan fingerprint density at radius 3 is 2.62 bits per heavy atom. The highest BCUT2D eigenvalue weighted by atomic mass is 16.1. The van der Waals surface area contributed by atoms with Gasteiger partial charge in [0.2, 0.25) is 0 Å². The van der Waals surface area contributed by atoms with Gasteiger partial charge in [-0.3, -0.25) is 4.79 Å². The van der Waals surface area contributed by atoms with Crippen molar-refractivity contribution in [3.8, 4) is 6.07 Å². The van der Waals surface area contributed by atoms with Gasteiger partial charge < -0.3 is 0 Å². The van der Waals surface area contributed by atoms with E-state index in [2.05, 4.69) is 26.5 Å². The maximum absolute atomic E-state index is 12.0. The van der Waals surface area contributed by atoms with Crippen LogP contribution in [0.15, 0.2) is 23.8 Å². The molecule has 7 atom stereocenters. The maximum Gasteiger partial charge on any atom is 0.155 e. The molecule has 0 amide bonds. The number of fused-ring (bicyclic) bond motifs is 5. The fourth-order valence-corrected chi connectivity index (χ4v) is 7.70. The van der Waals surface area contributed by atoms with E-state index in [0.717, 1.165) is 55.8 Å². The molecule has 138 valence electrons. The van der Waals surface area contributed by atoms with Gasteiger partial charge >= 0.3 is 0 Å². The SMILES string of the molecule is C=C1C[C@H]2[C@@H]3C(C4CC4)CC4=CC(=O)CC[C@@H]4[C@H]3CC[C@]2(C)[C@@]1(C)C#N. The third-order valence-electron chi connectivity index (χ3n) is 9.55. The Labute approximate surface area is 157 Å². The molecule has 0 aromatic carbocycles. The molecule has 0 bridgehead atoms. The zero-order chi connectivity index (χ0) is 18.3. The van der Waals surface area contributed by atoms with E-state index in [1.54, 1.807) is 0 Å². The van der Waals surface area contributed by atoms with Crippen molar-refractivity contribution in [1.29, 1.82) is 5.26 Å². The Hall–Kier alpha value is -1.36. The molecule has 0 saturated heterocycles. The van der Waals surface area contributed by atoms with Crippen molar-refractivity contribution >= 4 is 5.78 Å². The van der Waals surface area contributed by atoms with Gasteiger partial charge in [0.25, 0.3) is 0 Å². The van der Waals surface area contributed by atoms with E-state index in [1.807, 2.05) is 6.08 Å². The monoisotopic (exact) mass is 349 g/mol. The molecule has 4 saturated carbocycles. The summed E-state index contributed by atoms with van der Waals surface area (Å²) in [4.78, 5) is 12.0. The molecular weight excluding hydrogens is 318 g/mol. The molecule has 5 aliphatic rings. The van der Waals surface area contributed by atoms with E-state index >= 15 is 0 Å². The van der Waals surface area contributed by atoms with Gasteiger partial charge in [0.15, 0.2) is 5.78 Å². The van der Waals surface area contributed by atoms with Crippen LogP contribution in [0.25, 0.3) is 0 Å². The molecule has 0 aromatic rings. The first-order valence-corrected chi connectivity index (χ1v) is 10.7. The molecule has 0 radical (unpaired) electrons. The predicted molar refractivity (Wildman–Crippen MR) is 102 cm³/mol. The fraction of sp³-hybridized carbons (Fsp3) is 0.750. The summed E-state index contributed by atoms with van der Waals surface area (Å²) in [6.45, 7) is 8.94. The number of carbonyl (C=O) groups excluding carboxylic acids is 1. The van der Waals surface area contributed by atoms with E-state index in [4.69, 9.17) is 0 Å². The summed E-state index contributed by atoms with van der Waals surface area (Å²) < 4.78 is 0. The quantitative estimate of drug-likeness (QED) is 0.590. The second-order valence-electron chi connectivity index (χ2n) is 10.4. The molecule has 5 rings (SSSR count). The van der Waals surface area contributed by atoms with Crippen LogP contribution in [-0.4, -0.2) is 5.78 Å². The number of hydrogen-bond acceptors (Lipinski definition) is 2. The van der Waals surface area contributed by atoms with Crippen LogP contribution in [0.3, 0.4) is 0 Å². The molecule has 0 spiro atoms. The van der Waals surface area contributed by atoms with Crippen molar-refractivity contribution in [3.63, 3.8) is 0 Å². The lowest BCUT2D eigenvalue weighted by Crippen LogP contribution is -2.52. The van der Waals surface area contributed by atoms with Crippen molar-refractivity contribution in [2.24, 2.45) is 46.3 Å². The van der Waals surface area contributed by atoms with Gasteiger partial charge in [-0.05, 0) is 98.9 Å². The zero-order valence-electron chi connectivity index (χ0n) is 16.3. The first kappa shape index (κ1) is 16.8. The van der Waals surface area contributed by atoms with Crippen molar-refractivity contribution in [2.45, 2.75) is 65.2 Å². The Morgan fingerprint density at radius 1 is 1.15 bits per heavy atom. The first-order valence-electron chi connectivity index (χ1n) is 10.7. The maximum atomic E-state index is 12.0. The van der Waals surface area contributed by atoms with Crippen LogP contribution in [0.5, 0.6) is 0 Å². The molecule has 1 unspecified atom stereocenters. The van der Waals surface area contributed by atoms with Crippen LogP contribution >= 0.6 is 0 Å². The molecule has 0 aliphatic heterocycles. The summed E-state index contributed by atoms with van der Waals surface area (Å²) in [5.41, 5.74) is 2.39. The van der Waals surface area contributed by atoms with Crippen LogP contribution in [0.4, 0.5) is 0 Å². The summed E-state index contributed by atoms with van der Waals surface area (Å²) in [5.74, 6) is 4.70. The van der Waals surface area contributed by atoms with E-state index in [9.17, 15) is 10.1 Å². The molecule has 4 fully saturated rings. The topological polar surface area (TPSA) is 40.9 Å². The summed E-state index contributed by atoms with van der Waals surface area (Å²) in [5, 5.41) is 10.0. The Morgan fingerprint density at radius 2 is 1.92 bits per heavy atom. The summed E-state index contributed by atoms with van der Waals surface area (Å²) in [7, 11) is 0. The van der Waals surface area contributed by atoms with E-state index < -0.39 is 0 Å². The van der Waals surface area contributed by atoms with Crippen LogP contribution in [0, 0.1) is 57.7 Å². The first-order chi connectivity index (χ1) is 12.4. The minimum atomic E-state index is -0.366. The van der Waals surface area contributed by atoms with Crippen LogP contribution in [0.1, 0.15) is 65.2 Å². The smallest absolute Gasteiger partial charge is 0.155 e. The Balaban J connectivity index is 1.58.